The summed E-state index contributed by atoms with van der Waals surface area (Å²) < 4.78 is 5.12. The van der Waals surface area contributed by atoms with Gasteiger partial charge < -0.3 is 9.64 Å². The number of thiol groups is 1. The van der Waals surface area contributed by atoms with Crippen molar-refractivity contribution in [2.24, 2.45) is 0 Å². The highest BCUT2D eigenvalue weighted by molar-refractivity contribution is 7.81. The molecule has 4 heteroatoms. The highest BCUT2D eigenvalue weighted by Gasteiger charge is 2.19. The summed E-state index contributed by atoms with van der Waals surface area (Å²) in [6.07, 6.45) is 0.614. The molecule has 0 aliphatic carbocycles. The van der Waals surface area contributed by atoms with Crippen LogP contribution in [0.15, 0.2) is 54.6 Å². The van der Waals surface area contributed by atoms with Crippen molar-refractivity contribution in [1.82, 2.24) is 0 Å². The molecule has 0 saturated heterocycles. The lowest BCUT2D eigenvalue weighted by Gasteiger charge is -2.21. The zero-order valence-corrected chi connectivity index (χ0v) is 13.1. The topological polar surface area (TPSA) is 29.5 Å². The summed E-state index contributed by atoms with van der Waals surface area (Å²) in [7, 11) is 3.38. The molecule has 0 radical (unpaired) electrons. The summed E-state index contributed by atoms with van der Waals surface area (Å²) in [5.41, 5.74) is 1.93. The summed E-state index contributed by atoms with van der Waals surface area (Å²) in [5, 5.41) is -0.362. The Hall–Kier alpha value is -1.94. The van der Waals surface area contributed by atoms with Gasteiger partial charge in [-0.15, -0.1) is 0 Å². The predicted molar refractivity (Wildman–Crippen MR) is 89.3 cm³/mol. The van der Waals surface area contributed by atoms with Crippen LogP contribution in [-0.2, 0) is 11.2 Å². The van der Waals surface area contributed by atoms with Gasteiger partial charge in [0.15, 0.2) is 0 Å². The third kappa shape index (κ3) is 4.02. The van der Waals surface area contributed by atoms with Crippen molar-refractivity contribution in [3.05, 3.63) is 60.2 Å². The highest BCUT2D eigenvalue weighted by Crippen LogP contribution is 2.20. The molecule has 2 aromatic rings. The summed E-state index contributed by atoms with van der Waals surface area (Å²) >= 11 is 4.45. The molecular formula is C17H19NO2S. The standard InChI is InChI=1S/C17H19NO2S/c1-18(14-8-10-15(20-2)11-9-14)17(19)16(21)12-13-6-4-3-5-7-13/h3-11,16,21H,12H2,1-2H3. The van der Waals surface area contributed by atoms with Gasteiger partial charge in [0.2, 0.25) is 5.91 Å². The number of carbonyl (C=O) groups is 1. The third-order valence-corrected chi connectivity index (χ3v) is 3.75. The minimum Gasteiger partial charge on any atom is -0.497 e. The number of methoxy groups -OCH3 is 1. The summed E-state index contributed by atoms with van der Waals surface area (Å²) in [5.74, 6) is 0.749. The van der Waals surface area contributed by atoms with Gasteiger partial charge >= 0.3 is 0 Å². The van der Waals surface area contributed by atoms with E-state index < -0.39 is 0 Å². The molecule has 2 aromatic carbocycles. The number of rotatable bonds is 5. The van der Waals surface area contributed by atoms with E-state index in [-0.39, 0.29) is 11.2 Å². The second-order valence-corrected chi connectivity index (χ2v) is 5.42. The fourth-order valence-electron chi connectivity index (χ4n) is 2.08. The Morgan fingerprint density at radius 2 is 1.76 bits per heavy atom. The molecule has 0 heterocycles. The smallest absolute Gasteiger partial charge is 0.239 e. The second-order valence-electron chi connectivity index (χ2n) is 4.80. The normalized spacial score (nSPS) is 11.8. The van der Waals surface area contributed by atoms with Crippen molar-refractivity contribution in [3.63, 3.8) is 0 Å². The molecule has 0 bridgehead atoms. The number of carbonyl (C=O) groups excluding carboxylic acids is 1. The molecule has 0 N–H and O–H groups in total. The Morgan fingerprint density at radius 1 is 1.14 bits per heavy atom. The van der Waals surface area contributed by atoms with Gasteiger partial charge in [0.05, 0.1) is 12.4 Å². The van der Waals surface area contributed by atoms with Crippen LogP contribution in [0.2, 0.25) is 0 Å². The molecule has 21 heavy (non-hydrogen) atoms. The van der Waals surface area contributed by atoms with Crippen molar-refractivity contribution >= 4 is 24.2 Å². The van der Waals surface area contributed by atoms with Crippen LogP contribution in [-0.4, -0.2) is 25.3 Å². The van der Waals surface area contributed by atoms with E-state index in [2.05, 4.69) is 12.6 Å². The third-order valence-electron chi connectivity index (χ3n) is 3.35. The molecule has 0 aliphatic heterocycles. The number of nitrogens with zero attached hydrogens (tertiary/aromatic N) is 1. The van der Waals surface area contributed by atoms with Gasteiger partial charge in [-0.25, -0.2) is 0 Å². The SMILES string of the molecule is COc1ccc(N(C)C(=O)C(S)Cc2ccccc2)cc1. The van der Waals surface area contributed by atoms with Crippen molar-refractivity contribution in [2.45, 2.75) is 11.7 Å². The molecule has 2 rings (SSSR count). The van der Waals surface area contributed by atoms with Crippen LogP contribution in [0.5, 0.6) is 5.75 Å². The second kappa shape index (κ2) is 7.18. The minimum absolute atomic E-state index is 0.0210. The quantitative estimate of drug-likeness (QED) is 0.859. The van der Waals surface area contributed by atoms with Crippen LogP contribution < -0.4 is 9.64 Å². The van der Waals surface area contributed by atoms with E-state index in [9.17, 15) is 4.79 Å². The number of anilines is 1. The molecule has 1 unspecified atom stereocenters. The number of hydrogen-bond donors (Lipinski definition) is 1. The predicted octanol–water partition coefficient (Wildman–Crippen LogP) is 3.20. The highest BCUT2D eigenvalue weighted by atomic mass is 32.1. The first-order valence-corrected chi connectivity index (χ1v) is 7.27. The molecule has 1 amide bonds. The van der Waals surface area contributed by atoms with Crippen LogP contribution in [0.1, 0.15) is 5.56 Å². The van der Waals surface area contributed by atoms with Crippen LogP contribution in [0.4, 0.5) is 5.69 Å². The lowest BCUT2D eigenvalue weighted by atomic mass is 10.1. The van der Waals surface area contributed by atoms with Crippen LogP contribution >= 0.6 is 12.6 Å². The van der Waals surface area contributed by atoms with E-state index in [1.165, 1.54) is 0 Å². The summed E-state index contributed by atoms with van der Waals surface area (Å²) in [6, 6.07) is 17.3. The van der Waals surface area contributed by atoms with E-state index in [1.54, 1.807) is 19.1 Å². The van der Waals surface area contributed by atoms with Crippen LogP contribution in [0.25, 0.3) is 0 Å². The zero-order valence-electron chi connectivity index (χ0n) is 12.2. The maximum Gasteiger partial charge on any atom is 0.239 e. The molecule has 110 valence electrons. The molecule has 1 atom stereocenters. The Balaban J connectivity index is 2.03. The largest absolute Gasteiger partial charge is 0.497 e. The van der Waals surface area contributed by atoms with Gasteiger partial charge in [-0.2, -0.15) is 12.6 Å². The first-order chi connectivity index (χ1) is 10.1. The van der Waals surface area contributed by atoms with Gasteiger partial charge in [-0.3, -0.25) is 4.79 Å². The van der Waals surface area contributed by atoms with E-state index in [4.69, 9.17) is 4.74 Å². The van der Waals surface area contributed by atoms with Gasteiger partial charge in [0.25, 0.3) is 0 Å². The lowest BCUT2D eigenvalue weighted by molar-refractivity contribution is -0.117. The molecule has 0 spiro atoms. The van der Waals surface area contributed by atoms with E-state index in [0.717, 1.165) is 17.0 Å². The van der Waals surface area contributed by atoms with Crippen molar-refractivity contribution in [2.75, 3.05) is 19.1 Å². The van der Waals surface area contributed by atoms with E-state index in [0.29, 0.717) is 6.42 Å². The number of benzene rings is 2. The van der Waals surface area contributed by atoms with Gasteiger partial charge in [-0.1, -0.05) is 30.3 Å². The van der Waals surface area contributed by atoms with Gasteiger partial charge in [0, 0.05) is 12.7 Å². The minimum atomic E-state index is -0.362. The first kappa shape index (κ1) is 15.4. The molecule has 0 saturated carbocycles. The Bertz CT molecular complexity index is 583. The van der Waals surface area contributed by atoms with Crippen LogP contribution in [0.3, 0.4) is 0 Å². The molecular weight excluding hydrogens is 282 g/mol. The first-order valence-electron chi connectivity index (χ1n) is 6.75. The molecule has 3 nitrogen and oxygen atoms in total. The van der Waals surface area contributed by atoms with Crippen molar-refractivity contribution in [1.29, 1.82) is 0 Å². The molecule has 0 aromatic heterocycles. The molecule has 0 fully saturated rings. The fourth-order valence-corrected chi connectivity index (χ4v) is 2.47. The average molecular weight is 301 g/mol. The van der Waals surface area contributed by atoms with E-state index >= 15 is 0 Å². The molecule has 0 aliphatic rings. The van der Waals surface area contributed by atoms with Crippen molar-refractivity contribution < 1.29 is 9.53 Å². The number of hydrogen-bond acceptors (Lipinski definition) is 3. The lowest BCUT2D eigenvalue weighted by Crippen LogP contribution is -2.34. The fraction of sp³-hybridized carbons (Fsp3) is 0.235. The van der Waals surface area contributed by atoms with Crippen molar-refractivity contribution in [3.8, 4) is 5.75 Å². The van der Waals surface area contributed by atoms with Crippen LogP contribution in [0, 0.1) is 0 Å². The van der Waals surface area contributed by atoms with E-state index in [1.807, 2.05) is 54.6 Å². The Morgan fingerprint density at radius 3 is 2.33 bits per heavy atom. The Kier molecular flexibility index (Phi) is 5.28. The maximum atomic E-state index is 12.4. The zero-order chi connectivity index (χ0) is 15.2. The van der Waals surface area contributed by atoms with Gasteiger partial charge in [0.1, 0.15) is 5.75 Å². The number of ether oxygens (including phenoxy) is 1. The van der Waals surface area contributed by atoms with Gasteiger partial charge in [-0.05, 0) is 36.2 Å². The maximum absolute atomic E-state index is 12.4. The Labute approximate surface area is 131 Å². The monoisotopic (exact) mass is 301 g/mol. The average Bonchev–Trinajstić information content (AvgIpc) is 2.54. The summed E-state index contributed by atoms with van der Waals surface area (Å²) in [4.78, 5) is 14.0. The summed E-state index contributed by atoms with van der Waals surface area (Å²) in [6.45, 7) is 0. The number of amides is 1.